The molecule has 0 radical (unpaired) electrons. The van der Waals surface area contributed by atoms with Crippen LogP contribution in [0.25, 0.3) is 11.1 Å². The maximum Gasteiger partial charge on any atom is 0.337 e. The third-order valence-corrected chi connectivity index (χ3v) is 8.89. The van der Waals surface area contributed by atoms with Crippen LogP contribution in [0.4, 0.5) is 15.8 Å². The van der Waals surface area contributed by atoms with Crippen molar-refractivity contribution in [1.82, 2.24) is 9.80 Å². The van der Waals surface area contributed by atoms with E-state index in [4.69, 9.17) is 32.7 Å². The maximum absolute atomic E-state index is 15.4. The normalized spacial score (nSPS) is 18.1. The van der Waals surface area contributed by atoms with E-state index < -0.39 is 11.8 Å². The standard InChI is InChI=1S/C31H33Cl2FN4O4/c1-35-5-7-37(8-6-35)21-13-26(32)25(27(33)14-21)18-36-17-20-3-2-4-22(30(20)42-19-36)23-16-29(38-9-11-41-12-10-38)24(31(39)40)15-28(23)34/h2-4,13-16H,5-12,17-19H2,1H3,(H,39,40). The molecule has 2 saturated heterocycles. The Morgan fingerprint density at radius 2 is 1.67 bits per heavy atom. The molecule has 8 nitrogen and oxygen atoms in total. The smallest absolute Gasteiger partial charge is 0.337 e. The fourth-order valence-corrected chi connectivity index (χ4v) is 6.45. The summed E-state index contributed by atoms with van der Waals surface area (Å²) >= 11 is 13.5. The van der Waals surface area contributed by atoms with Crippen molar-refractivity contribution in [1.29, 1.82) is 0 Å². The van der Waals surface area contributed by atoms with Gasteiger partial charge in [0, 0.05) is 90.3 Å². The quantitative estimate of drug-likeness (QED) is 0.394. The average molecular weight is 616 g/mol. The summed E-state index contributed by atoms with van der Waals surface area (Å²) < 4.78 is 27.1. The molecule has 0 spiro atoms. The fraction of sp³-hybridized carbons (Fsp3) is 0.387. The summed E-state index contributed by atoms with van der Waals surface area (Å²) in [7, 11) is 2.12. The zero-order valence-corrected chi connectivity index (χ0v) is 24.9. The number of fused-ring (bicyclic) bond motifs is 1. The average Bonchev–Trinajstić information content (AvgIpc) is 2.99. The van der Waals surface area contributed by atoms with Crippen molar-refractivity contribution in [3.8, 4) is 16.9 Å². The van der Waals surface area contributed by atoms with Gasteiger partial charge in [-0.15, -0.1) is 0 Å². The van der Waals surface area contributed by atoms with Gasteiger partial charge >= 0.3 is 5.97 Å². The SMILES string of the molecule is CN1CCN(c2cc(Cl)c(CN3COc4c(cccc4-c4cc(N5CCOCC5)c(C(=O)O)cc4F)C3)c(Cl)c2)CC1. The van der Waals surface area contributed by atoms with E-state index in [9.17, 15) is 9.90 Å². The monoisotopic (exact) mass is 614 g/mol. The molecule has 0 atom stereocenters. The topological polar surface area (TPSA) is 68.7 Å². The number of likely N-dealkylation sites (N-methyl/N-ethyl adjacent to an activating group) is 1. The Morgan fingerprint density at radius 3 is 2.36 bits per heavy atom. The van der Waals surface area contributed by atoms with E-state index in [1.165, 1.54) is 0 Å². The number of rotatable bonds is 6. The zero-order chi connectivity index (χ0) is 29.4. The van der Waals surface area contributed by atoms with Crippen LogP contribution in [0.5, 0.6) is 5.75 Å². The molecular weight excluding hydrogens is 582 g/mol. The summed E-state index contributed by atoms with van der Waals surface area (Å²) in [6.45, 7) is 7.19. The summed E-state index contributed by atoms with van der Waals surface area (Å²) in [6, 6.07) is 12.3. The van der Waals surface area contributed by atoms with Gasteiger partial charge in [-0.05, 0) is 31.3 Å². The Balaban J connectivity index is 1.24. The van der Waals surface area contributed by atoms with Crippen molar-refractivity contribution in [3.63, 3.8) is 0 Å². The van der Waals surface area contributed by atoms with Crippen LogP contribution in [-0.4, -0.2) is 87.1 Å². The molecule has 0 unspecified atom stereocenters. The number of carbonyl (C=O) groups is 1. The predicted octanol–water partition coefficient (Wildman–Crippen LogP) is 5.44. The summed E-state index contributed by atoms with van der Waals surface area (Å²) in [4.78, 5) is 20.6. The largest absolute Gasteiger partial charge is 0.478 e. The van der Waals surface area contributed by atoms with Gasteiger partial charge in [-0.1, -0.05) is 41.4 Å². The molecule has 6 rings (SSSR count). The summed E-state index contributed by atoms with van der Waals surface area (Å²) in [6.07, 6.45) is 0. The van der Waals surface area contributed by atoms with E-state index in [-0.39, 0.29) is 12.3 Å². The number of morpholine rings is 1. The van der Waals surface area contributed by atoms with Crippen LogP contribution in [0.15, 0.2) is 42.5 Å². The number of hydrogen-bond donors (Lipinski definition) is 1. The molecule has 3 aliphatic heterocycles. The number of hydrogen-bond acceptors (Lipinski definition) is 7. The second-order valence-electron chi connectivity index (χ2n) is 11.0. The summed E-state index contributed by atoms with van der Waals surface area (Å²) in [5.41, 5.74) is 4.06. The van der Waals surface area contributed by atoms with Crippen molar-refractivity contribution in [2.45, 2.75) is 13.1 Å². The summed E-state index contributed by atoms with van der Waals surface area (Å²) in [5, 5.41) is 11.0. The molecule has 11 heteroatoms. The minimum absolute atomic E-state index is 0.0672. The first-order valence-corrected chi connectivity index (χ1v) is 14.8. The molecule has 0 bridgehead atoms. The number of nitrogens with zero attached hydrogens (tertiary/aromatic N) is 4. The highest BCUT2D eigenvalue weighted by atomic mass is 35.5. The molecule has 3 heterocycles. The number of anilines is 2. The van der Waals surface area contributed by atoms with Crippen LogP contribution in [-0.2, 0) is 17.8 Å². The second kappa shape index (κ2) is 12.3. The highest BCUT2D eigenvalue weighted by Crippen LogP contribution is 2.41. The van der Waals surface area contributed by atoms with E-state index >= 15 is 4.39 Å². The first kappa shape index (κ1) is 29.0. The molecule has 0 aliphatic carbocycles. The van der Waals surface area contributed by atoms with Gasteiger partial charge in [-0.3, -0.25) is 4.90 Å². The number of para-hydroxylation sites is 1. The molecule has 3 aliphatic rings. The van der Waals surface area contributed by atoms with Crippen LogP contribution in [0, 0.1) is 5.82 Å². The molecular formula is C31H33Cl2FN4O4. The molecule has 3 aromatic rings. The Labute approximate surface area is 254 Å². The van der Waals surface area contributed by atoms with Crippen molar-refractivity contribution in [3.05, 3.63) is 75.0 Å². The van der Waals surface area contributed by atoms with E-state index in [0.717, 1.165) is 49.1 Å². The van der Waals surface area contributed by atoms with Crippen LogP contribution in [0.3, 0.4) is 0 Å². The molecule has 0 saturated carbocycles. The van der Waals surface area contributed by atoms with Gasteiger partial charge in [-0.2, -0.15) is 0 Å². The minimum atomic E-state index is -1.17. The fourth-order valence-electron chi connectivity index (χ4n) is 5.85. The third-order valence-electron chi connectivity index (χ3n) is 8.22. The van der Waals surface area contributed by atoms with Crippen molar-refractivity contribution in [2.75, 3.05) is 76.1 Å². The van der Waals surface area contributed by atoms with Gasteiger partial charge in [-0.25, -0.2) is 9.18 Å². The van der Waals surface area contributed by atoms with Gasteiger partial charge in [0.05, 0.1) is 24.5 Å². The number of carboxylic acid groups (broad SMARTS) is 1. The van der Waals surface area contributed by atoms with Gasteiger partial charge in [0.15, 0.2) is 0 Å². The Kier molecular flexibility index (Phi) is 8.47. The van der Waals surface area contributed by atoms with E-state index in [0.29, 0.717) is 72.0 Å². The van der Waals surface area contributed by atoms with E-state index in [2.05, 4.69) is 21.7 Å². The first-order chi connectivity index (χ1) is 20.3. The maximum atomic E-state index is 15.4. The molecule has 42 heavy (non-hydrogen) atoms. The van der Waals surface area contributed by atoms with Crippen molar-refractivity contribution in [2.24, 2.45) is 0 Å². The van der Waals surface area contributed by atoms with E-state index in [1.807, 2.05) is 29.2 Å². The molecule has 0 amide bonds. The lowest BCUT2D eigenvalue weighted by Gasteiger charge is -2.35. The Hall–Kier alpha value is -3.08. The van der Waals surface area contributed by atoms with Crippen LogP contribution in [0.1, 0.15) is 21.5 Å². The lowest BCUT2D eigenvalue weighted by Crippen LogP contribution is -2.44. The molecule has 1 N–H and O–H groups in total. The molecule has 0 aromatic heterocycles. The van der Waals surface area contributed by atoms with Crippen LogP contribution in [0.2, 0.25) is 10.0 Å². The summed E-state index contributed by atoms with van der Waals surface area (Å²) in [5.74, 6) is -1.19. The van der Waals surface area contributed by atoms with Crippen molar-refractivity contribution < 1.29 is 23.8 Å². The highest BCUT2D eigenvalue weighted by Gasteiger charge is 2.27. The van der Waals surface area contributed by atoms with E-state index in [1.54, 1.807) is 12.1 Å². The second-order valence-corrected chi connectivity index (χ2v) is 11.8. The zero-order valence-electron chi connectivity index (χ0n) is 23.4. The Morgan fingerprint density at radius 1 is 0.952 bits per heavy atom. The lowest BCUT2D eigenvalue weighted by atomic mass is 9.97. The number of carboxylic acids is 1. The van der Waals surface area contributed by atoms with Gasteiger partial charge in [0.25, 0.3) is 0 Å². The number of ether oxygens (including phenoxy) is 2. The minimum Gasteiger partial charge on any atom is -0.478 e. The molecule has 2 fully saturated rings. The van der Waals surface area contributed by atoms with Crippen molar-refractivity contribution >= 4 is 40.5 Å². The number of benzene rings is 3. The first-order valence-electron chi connectivity index (χ1n) is 14.1. The third kappa shape index (κ3) is 5.89. The number of aromatic carboxylic acids is 1. The Bertz CT molecular complexity index is 1470. The highest BCUT2D eigenvalue weighted by molar-refractivity contribution is 6.36. The van der Waals surface area contributed by atoms with Crippen LogP contribution < -0.4 is 14.5 Å². The van der Waals surface area contributed by atoms with Crippen LogP contribution >= 0.6 is 23.2 Å². The van der Waals surface area contributed by atoms with Gasteiger partial charge in [0.2, 0.25) is 0 Å². The predicted molar refractivity (Wildman–Crippen MR) is 163 cm³/mol. The molecule has 3 aromatic carbocycles. The lowest BCUT2D eigenvalue weighted by molar-refractivity contribution is 0.0695. The molecule has 222 valence electrons. The number of piperazine rings is 1. The number of halogens is 3. The van der Waals surface area contributed by atoms with Gasteiger partial charge in [0.1, 0.15) is 18.3 Å². The van der Waals surface area contributed by atoms with Gasteiger partial charge < -0.3 is 29.3 Å².